The Balaban J connectivity index is 0.000000553. The third-order valence-corrected chi connectivity index (χ3v) is 10.7. The Morgan fingerprint density at radius 2 is 1.11 bits per heavy atom. The number of nitrogens with zero attached hydrogens (tertiary/aromatic N) is 2. The number of benzene rings is 3. The number of aliphatic carboxylic acids is 1. The van der Waals surface area contributed by atoms with E-state index >= 15 is 0 Å². The number of carbonyl (C=O) groups is 1. The van der Waals surface area contributed by atoms with Gasteiger partial charge in [-0.3, -0.25) is 9.98 Å². The minimum absolute atomic E-state index is 0. The Morgan fingerprint density at radius 3 is 1.44 bits per heavy atom. The van der Waals surface area contributed by atoms with Gasteiger partial charge in [-0.15, -0.1) is 0 Å². The molecule has 57 heavy (non-hydrogen) atoms. The standard InChI is InChI=1S/C36H54N2O2.C13H19NO2.Co/c1-33(2,3)25-17-23(31(39)27(19-25)35(7,8)9)21-37-29-15-13-14-16-30(29)38-22-24-18-26(34(4,5)6)20-28(32(24)40)36(10,11)12;1-10(2)12(8-13(15)16)14-9-11-6-4-3-5-7-11;/h17-22,29-30,39-40H,13-16H2,1-12H3;3-7,10,12,14H,8-9H2,1-2H3,(H,15,16);/q;;+3/p-3/t29-,30-;12-;/m11./s1. The minimum Gasteiger partial charge on any atom is -0.872 e. The van der Waals surface area contributed by atoms with Gasteiger partial charge in [-0.1, -0.05) is 176 Å². The quantitative estimate of drug-likeness (QED) is 0.205. The van der Waals surface area contributed by atoms with Gasteiger partial charge in [0.05, 0.1) is 12.1 Å². The third kappa shape index (κ3) is 15.0. The number of carboxylic acids is 1. The zero-order valence-corrected chi connectivity index (χ0v) is 38.3. The molecule has 3 aromatic carbocycles. The number of rotatable bonds is 10. The Hall–Kier alpha value is -3.46. The van der Waals surface area contributed by atoms with E-state index in [1.807, 2.05) is 56.3 Å². The Morgan fingerprint density at radius 1 is 0.702 bits per heavy atom. The zero-order valence-electron chi connectivity index (χ0n) is 37.3. The molecule has 0 amide bonds. The molecule has 1 fully saturated rings. The second kappa shape index (κ2) is 20.5. The topological polar surface area (TPSA) is 123 Å². The van der Waals surface area contributed by atoms with Crippen molar-refractivity contribution in [2.45, 2.75) is 175 Å². The molecule has 314 valence electrons. The van der Waals surface area contributed by atoms with E-state index in [1.165, 1.54) is 0 Å². The van der Waals surface area contributed by atoms with Crippen LogP contribution in [0.4, 0.5) is 0 Å². The van der Waals surface area contributed by atoms with Crippen LogP contribution in [0.1, 0.15) is 168 Å². The van der Waals surface area contributed by atoms with Gasteiger partial charge >= 0.3 is 16.8 Å². The van der Waals surface area contributed by atoms with Crippen LogP contribution < -0.4 is 20.6 Å². The maximum absolute atomic E-state index is 13.5. The summed E-state index contributed by atoms with van der Waals surface area (Å²) in [6.07, 6.45) is 7.69. The van der Waals surface area contributed by atoms with Crippen molar-refractivity contribution in [3.8, 4) is 11.5 Å². The second-order valence-corrected chi connectivity index (χ2v) is 20.2. The van der Waals surface area contributed by atoms with Gasteiger partial charge in [0.25, 0.3) is 0 Å². The van der Waals surface area contributed by atoms with E-state index in [2.05, 4.69) is 101 Å². The predicted molar refractivity (Wildman–Crippen MR) is 229 cm³/mol. The SMILES string of the molecule is CC(C)(C)c1cc(C=N[C@@H]2CCCC[C@H]2N=Cc2cc(C(C)(C)C)cc(C(C)(C)C)c2[O-])c([O-])c(C(C)(C)C)c1.CC(C)[C@@H](CC(=O)[O-])NCc1ccccc1.[Co+3]. The molecule has 1 aliphatic carbocycles. The van der Waals surface area contributed by atoms with E-state index in [4.69, 9.17) is 9.98 Å². The van der Waals surface area contributed by atoms with Gasteiger partial charge in [-0.05, 0) is 79.4 Å². The van der Waals surface area contributed by atoms with Gasteiger partial charge in [0.1, 0.15) is 0 Å². The molecule has 4 rings (SSSR count). The molecular formula is C49H70CoN3O4. The van der Waals surface area contributed by atoms with E-state index in [1.54, 1.807) is 12.4 Å². The molecule has 8 heteroatoms. The van der Waals surface area contributed by atoms with Crippen LogP contribution in [0.5, 0.6) is 11.5 Å². The van der Waals surface area contributed by atoms with Gasteiger partial charge < -0.3 is 25.4 Å². The average Bonchev–Trinajstić information content (AvgIpc) is 3.08. The summed E-state index contributed by atoms with van der Waals surface area (Å²) in [5, 5.41) is 40.8. The van der Waals surface area contributed by atoms with Gasteiger partial charge in [-0.2, -0.15) is 0 Å². The van der Waals surface area contributed by atoms with Crippen LogP contribution in [0, 0.1) is 5.92 Å². The van der Waals surface area contributed by atoms with Crippen LogP contribution in [0.25, 0.3) is 0 Å². The molecule has 0 aliphatic heterocycles. The summed E-state index contributed by atoms with van der Waals surface area (Å²) >= 11 is 0. The third-order valence-electron chi connectivity index (χ3n) is 10.7. The summed E-state index contributed by atoms with van der Waals surface area (Å²) in [6.45, 7) is 30.3. The zero-order chi connectivity index (χ0) is 42.2. The monoisotopic (exact) mass is 823 g/mol. The van der Waals surface area contributed by atoms with Crippen molar-refractivity contribution in [1.29, 1.82) is 0 Å². The smallest absolute Gasteiger partial charge is 0.872 e. The first kappa shape index (κ1) is 49.7. The average molecular weight is 824 g/mol. The van der Waals surface area contributed by atoms with Crippen LogP contribution in [0.2, 0.25) is 0 Å². The normalized spacial score (nSPS) is 17.3. The summed E-state index contributed by atoms with van der Waals surface area (Å²) in [7, 11) is 0. The maximum atomic E-state index is 13.5. The molecule has 0 bridgehead atoms. The number of carbonyl (C=O) groups excluding carboxylic acids is 1. The fourth-order valence-corrected chi connectivity index (χ4v) is 6.83. The molecule has 0 heterocycles. The minimum atomic E-state index is -1.00. The van der Waals surface area contributed by atoms with E-state index < -0.39 is 5.97 Å². The molecule has 0 spiro atoms. The molecule has 3 aromatic rings. The first-order valence-corrected chi connectivity index (χ1v) is 20.5. The second-order valence-electron chi connectivity index (χ2n) is 20.2. The van der Waals surface area contributed by atoms with Crippen molar-refractivity contribution in [3.63, 3.8) is 0 Å². The van der Waals surface area contributed by atoms with Crippen LogP contribution in [-0.4, -0.2) is 36.5 Å². The predicted octanol–water partition coefficient (Wildman–Crippen LogP) is 8.81. The fourth-order valence-electron chi connectivity index (χ4n) is 6.83. The van der Waals surface area contributed by atoms with E-state index in [0.29, 0.717) is 17.7 Å². The first-order chi connectivity index (χ1) is 25.8. The molecule has 1 saturated carbocycles. The number of aliphatic imine (C=N–C) groups is 2. The Labute approximate surface area is 355 Å². The molecule has 7 nitrogen and oxygen atoms in total. The van der Waals surface area contributed by atoms with Crippen molar-refractivity contribution in [2.24, 2.45) is 15.9 Å². The molecule has 0 aromatic heterocycles. The van der Waals surface area contributed by atoms with Crippen LogP contribution in [0.3, 0.4) is 0 Å². The van der Waals surface area contributed by atoms with Crippen molar-refractivity contribution >= 4 is 18.4 Å². The van der Waals surface area contributed by atoms with Crippen LogP contribution >= 0.6 is 0 Å². The molecule has 1 aliphatic rings. The number of carboxylic acid groups (broad SMARTS) is 1. The molecule has 0 saturated heterocycles. The van der Waals surface area contributed by atoms with Gasteiger partial charge in [0.15, 0.2) is 0 Å². The summed E-state index contributed by atoms with van der Waals surface area (Å²) in [5.74, 6) is -0.601. The Kier molecular flexibility index (Phi) is 17.9. The molecule has 0 radical (unpaired) electrons. The van der Waals surface area contributed by atoms with E-state index in [0.717, 1.165) is 53.5 Å². The first-order valence-electron chi connectivity index (χ1n) is 20.5. The maximum Gasteiger partial charge on any atom is 3.00 e. The molecular weight excluding hydrogens is 753 g/mol. The number of hydrogen-bond donors (Lipinski definition) is 1. The Bertz CT molecular complexity index is 1710. The van der Waals surface area contributed by atoms with Crippen LogP contribution in [0.15, 0.2) is 64.6 Å². The van der Waals surface area contributed by atoms with Crippen molar-refractivity contribution in [1.82, 2.24) is 5.32 Å². The molecule has 1 N–H and O–H groups in total. The number of hydrogen-bond acceptors (Lipinski definition) is 7. The summed E-state index contributed by atoms with van der Waals surface area (Å²) in [4.78, 5) is 20.5. The van der Waals surface area contributed by atoms with Crippen molar-refractivity contribution < 1.29 is 36.9 Å². The van der Waals surface area contributed by atoms with Crippen LogP contribution in [-0.2, 0) is 49.8 Å². The summed E-state index contributed by atoms with van der Waals surface area (Å²) in [6, 6.07) is 18.1. The van der Waals surface area contributed by atoms with Crippen molar-refractivity contribution in [2.75, 3.05) is 0 Å². The fraction of sp³-hybridized carbons (Fsp3) is 0.571. The largest absolute Gasteiger partial charge is 3.00 e. The number of nitrogens with one attached hydrogen (secondary N) is 1. The van der Waals surface area contributed by atoms with Gasteiger partial charge in [0.2, 0.25) is 0 Å². The van der Waals surface area contributed by atoms with Gasteiger partial charge in [0, 0.05) is 37.4 Å². The molecule has 3 atom stereocenters. The van der Waals surface area contributed by atoms with Crippen molar-refractivity contribution in [3.05, 3.63) is 93.5 Å². The summed E-state index contributed by atoms with van der Waals surface area (Å²) < 4.78 is 0. The van der Waals surface area contributed by atoms with E-state index in [9.17, 15) is 20.1 Å². The molecule has 0 unspecified atom stereocenters. The van der Waals surface area contributed by atoms with E-state index in [-0.39, 0.29) is 80.4 Å². The van der Waals surface area contributed by atoms with Gasteiger partial charge in [-0.25, -0.2) is 0 Å². The summed E-state index contributed by atoms with van der Waals surface area (Å²) in [5.41, 5.74) is 5.78.